The Bertz CT molecular complexity index is 1210. The Morgan fingerprint density at radius 3 is 2.56 bits per heavy atom. The van der Waals surface area contributed by atoms with E-state index in [2.05, 4.69) is 50.0 Å². The van der Waals surface area contributed by atoms with Crippen LogP contribution < -0.4 is 15.0 Å². The number of ether oxygens (including phenoxy) is 1. The van der Waals surface area contributed by atoms with E-state index in [4.69, 9.17) is 4.74 Å². The number of hydrogen-bond donors (Lipinski definition) is 1. The van der Waals surface area contributed by atoms with Gasteiger partial charge in [0.05, 0.1) is 11.5 Å². The summed E-state index contributed by atoms with van der Waals surface area (Å²) in [6.07, 6.45) is 2.79. The maximum atomic E-state index is 13.0. The summed E-state index contributed by atoms with van der Waals surface area (Å²) in [6.45, 7) is 12.0. The zero-order valence-corrected chi connectivity index (χ0v) is 22.3. The lowest BCUT2D eigenvalue weighted by Gasteiger charge is -2.47. The monoisotopic (exact) mass is 507 g/mol. The number of anilines is 2. The van der Waals surface area contributed by atoms with E-state index in [1.54, 1.807) is 30.3 Å². The van der Waals surface area contributed by atoms with E-state index in [0.717, 1.165) is 35.2 Å². The standard InChI is InChI=1S/C28H33N3O4S/c1-6-31-23-13-8-19(14-22(23)18(3)16-28(31,4)5)15-24-26(33)30(27(34)36-24)17-25(32)29-20-9-11-21(12-10-20)35-7-2/h8-15,18H,6-7,16-17H2,1-5H3,(H,29,32)/b24-15-/t18-/m0/s1. The molecule has 1 atom stereocenters. The number of carbonyl (C=O) groups is 3. The highest BCUT2D eigenvalue weighted by atomic mass is 32.2. The molecule has 2 aromatic rings. The lowest BCUT2D eigenvalue weighted by atomic mass is 9.79. The van der Waals surface area contributed by atoms with Crippen molar-refractivity contribution in [3.05, 3.63) is 58.5 Å². The molecule has 0 saturated carbocycles. The maximum absolute atomic E-state index is 13.0. The van der Waals surface area contributed by atoms with E-state index < -0.39 is 17.1 Å². The molecule has 190 valence electrons. The van der Waals surface area contributed by atoms with Crippen LogP contribution in [0.5, 0.6) is 5.75 Å². The van der Waals surface area contributed by atoms with Gasteiger partial charge in [0.1, 0.15) is 12.3 Å². The summed E-state index contributed by atoms with van der Waals surface area (Å²) in [5, 5.41) is 2.28. The lowest BCUT2D eigenvalue weighted by Crippen LogP contribution is -2.48. The number of thioether (sulfide) groups is 1. The first kappa shape index (κ1) is 25.8. The molecule has 2 heterocycles. The number of nitrogens with one attached hydrogen (secondary N) is 1. The van der Waals surface area contributed by atoms with Crippen LogP contribution in [0.3, 0.4) is 0 Å². The fourth-order valence-corrected chi connectivity index (χ4v) is 5.97. The van der Waals surface area contributed by atoms with Crippen LogP contribution in [0.1, 0.15) is 58.1 Å². The van der Waals surface area contributed by atoms with Gasteiger partial charge in [0, 0.05) is 23.5 Å². The number of imide groups is 1. The molecule has 7 nitrogen and oxygen atoms in total. The highest BCUT2D eigenvalue weighted by molar-refractivity contribution is 8.18. The van der Waals surface area contributed by atoms with Gasteiger partial charge in [-0.2, -0.15) is 0 Å². The molecule has 1 fully saturated rings. The van der Waals surface area contributed by atoms with Crippen LogP contribution >= 0.6 is 11.8 Å². The molecule has 2 aliphatic heterocycles. The number of amides is 3. The van der Waals surface area contributed by atoms with Crippen LogP contribution in [0.4, 0.5) is 16.2 Å². The second-order valence-electron chi connectivity index (χ2n) is 9.75. The minimum absolute atomic E-state index is 0.0806. The average molecular weight is 508 g/mol. The molecule has 36 heavy (non-hydrogen) atoms. The van der Waals surface area contributed by atoms with Crippen LogP contribution in [-0.4, -0.2) is 47.2 Å². The molecule has 0 aromatic heterocycles. The number of carbonyl (C=O) groups excluding carboxylic acids is 3. The molecule has 1 N–H and O–H groups in total. The van der Waals surface area contributed by atoms with Crippen LogP contribution in [-0.2, 0) is 9.59 Å². The second kappa shape index (κ2) is 10.4. The first-order valence-electron chi connectivity index (χ1n) is 12.3. The number of nitrogens with zero attached hydrogens (tertiary/aromatic N) is 2. The molecule has 8 heteroatoms. The van der Waals surface area contributed by atoms with Crippen molar-refractivity contribution in [1.29, 1.82) is 0 Å². The predicted molar refractivity (Wildman–Crippen MR) is 145 cm³/mol. The molecule has 0 radical (unpaired) electrons. The average Bonchev–Trinajstić information content (AvgIpc) is 3.08. The molecule has 0 bridgehead atoms. The molecule has 3 amide bonds. The van der Waals surface area contributed by atoms with E-state index in [1.807, 2.05) is 13.0 Å². The molecule has 2 aromatic carbocycles. The minimum atomic E-state index is -0.450. The summed E-state index contributed by atoms with van der Waals surface area (Å²) in [7, 11) is 0. The van der Waals surface area contributed by atoms with Crippen LogP contribution in [0.25, 0.3) is 6.08 Å². The maximum Gasteiger partial charge on any atom is 0.294 e. The first-order valence-corrected chi connectivity index (χ1v) is 13.1. The highest BCUT2D eigenvalue weighted by Gasteiger charge is 2.37. The Morgan fingerprint density at radius 1 is 1.17 bits per heavy atom. The van der Waals surface area contributed by atoms with Crippen molar-refractivity contribution in [1.82, 2.24) is 4.90 Å². The van der Waals surface area contributed by atoms with Crippen LogP contribution in [0, 0.1) is 0 Å². The first-order chi connectivity index (χ1) is 17.1. The number of benzene rings is 2. The molecule has 0 spiro atoms. The second-order valence-corrected chi connectivity index (χ2v) is 10.7. The summed E-state index contributed by atoms with van der Waals surface area (Å²) in [4.78, 5) is 41.8. The Morgan fingerprint density at radius 2 is 1.89 bits per heavy atom. The third kappa shape index (κ3) is 5.28. The van der Waals surface area contributed by atoms with Gasteiger partial charge in [-0.1, -0.05) is 13.0 Å². The fourth-order valence-electron chi connectivity index (χ4n) is 5.13. The SMILES string of the molecule is CCOc1ccc(NC(=O)CN2C(=O)S/C(=C\c3ccc4c(c3)[C@@H](C)CC(C)(C)N4CC)C2=O)cc1. The molecule has 4 rings (SSSR count). The Hall–Kier alpha value is -3.26. The van der Waals surface area contributed by atoms with Gasteiger partial charge in [0.15, 0.2) is 0 Å². The molecule has 1 saturated heterocycles. The Labute approximate surface area is 216 Å². The third-order valence-electron chi connectivity index (χ3n) is 6.65. The van der Waals surface area contributed by atoms with Gasteiger partial charge in [-0.3, -0.25) is 19.3 Å². The van der Waals surface area contributed by atoms with Crippen molar-refractivity contribution < 1.29 is 19.1 Å². The predicted octanol–water partition coefficient (Wildman–Crippen LogP) is 5.87. The van der Waals surface area contributed by atoms with Crippen molar-refractivity contribution >= 4 is 46.3 Å². The van der Waals surface area contributed by atoms with E-state index >= 15 is 0 Å². The van der Waals surface area contributed by atoms with Crippen molar-refractivity contribution in [3.8, 4) is 5.75 Å². The summed E-state index contributed by atoms with van der Waals surface area (Å²) >= 11 is 0.867. The van der Waals surface area contributed by atoms with Gasteiger partial charge >= 0.3 is 0 Å². The fraction of sp³-hybridized carbons (Fsp3) is 0.393. The van der Waals surface area contributed by atoms with Crippen molar-refractivity contribution in [2.45, 2.75) is 52.5 Å². The van der Waals surface area contributed by atoms with Gasteiger partial charge < -0.3 is 15.0 Å². The van der Waals surface area contributed by atoms with Crippen LogP contribution in [0.15, 0.2) is 47.4 Å². The number of rotatable bonds is 7. The Balaban J connectivity index is 1.46. The van der Waals surface area contributed by atoms with Crippen molar-refractivity contribution in [3.63, 3.8) is 0 Å². The van der Waals surface area contributed by atoms with E-state index in [1.165, 1.54) is 11.3 Å². The molecule has 2 aliphatic rings. The van der Waals surface area contributed by atoms with Crippen molar-refractivity contribution in [2.24, 2.45) is 0 Å². The molecular formula is C28H33N3O4S. The van der Waals surface area contributed by atoms with E-state index in [-0.39, 0.29) is 12.1 Å². The quantitative estimate of drug-likeness (QED) is 0.472. The molecule has 0 unspecified atom stereocenters. The van der Waals surface area contributed by atoms with Gasteiger partial charge in [-0.05, 0) is 105 Å². The summed E-state index contributed by atoms with van der Waals surface area (Å²) in [5.74, 6) is 0.197. The van der Waals surface area contributed by atoms with E-state index in [9.17, 15) is 14.4 Å². The molecule has 0 aliphatic carbocycles. The lowest BCUT2D eigenvalue weighted by molar-refractivity contribution is -0.127. The van der Waals surface area contributed by atoms with Crippen molar-refractivity contribution in [2.75, 3.05) is 29.9 Å². The molecular weight excluding hydrogens is 474 g/mol. The summed E-state index contributed by atoms with van der Waals surface area (Å²) in [5.41, 5.74) is 3.99. The van der Waals surface area contributed by atoms with Gasteiger partial charge in [-0.15, -0.1) is 0 Å². The van der Waals surface area contributed by atoms with Gasteiger partial charge in [0.25, 0.3) is 11.1 Å². The Kier molecular flexibility index (Phi) is 7.45. The van der Waals surface area contributed by atoms with Gasteiger partial charge in [0.2, 0.25) is 5.91 Å². The summed E-state index contributed by atoms with van der Waals surface area (Å²) in [6, 6.07) is 13.1. The van der Waals surface area contributed by atoms with Gasteiger partial charge in [-0.25, -0.2) is 0 Å². The zero-order valence-electron chi connectivity index (χ0n) is 21.5. The highest BCUT2D eigenvalue weighted by Crippen LogP contribution is 2.44. The largest absolute Gasteiger partial charge is 0.494 e. The number of fused-ring (bicyclic) bond motifs is 1. The normalized spacial score (nSPS) is 20.0. The summed E-state index contributed by atoms with van der Waals surface area (Å²) < 4.78 is 5.40. The zero-order chi connectivity index (χ0) is 26.0. The topological polar surface area (TPSA) is 79.0 Å². The van der Waals surface area contributed by atoms with Crippen LogP contribution in [0.2, 0.25) is 0 Å². The third-order valence-corrected chi connectivity index (χ3v) is 7.56. The van der Waals surface area contributed by atoms with E-state index in [0.29, 0.717) is 28.9 Å². The smallest absolute Gasteiger partial charge is 0.294 e. The number of hydrogen-bond acceptors (Lipinski definition) is 6. The minimum Gasteiger partial charge on any atom is -0.494 e.